The number of carbonyl (C=O) groups is 1. The van der Waals surface area contributed by atoms with Crippen molar-refractivity contribution in [1.82, 2.24) is 9.88 Å². The van der Waals surface area contributed by atoms with E-state index in [1.165, 1.54) is 22.8 Å². The van der Waals surface area contributed by atoms with E-state index < -0.39 is 23.1 Å². The maximum atomic E-state index is 13.8. The number of rotatable bonds is 5. The van der Waals surface area contributed by atoms with E-state index in [2.05, 4.69) is 34.3 Å². The summed E-state index contributed by atoms with van der Waals surface area (Å²) in [6, 6.07) is 17.2. The van der Waals surface area contributed by atoms with Crippen LogP contribution >= 0.6 is 0 Å². The molecule has 4 nitrogen and oxygen atoms in total. The van der Waals surface area contributed by atoms with Gasteiger partial charge in [-0.05, 0) is 54.3 Å². The molecule has 1 aliphatic rings. The number of carbonyl (C=O) groups excluding carboxylic acids is 1. The lowest BCUT2D eigenvalue weighted by molar-refractivity contribution is 0.101. The smallest absolute Gasteiger partial charge is 0.262 e. The number of aromatic nitrogens is 1. The van der Waals surface area contributed by atoms with Crippen molar-refractivity contribution in [3.63, 3.8) is 0 Å². The normalized spacial score (nSPS) is 14.5. The highest BCUT2D eigenvalue weighted by Gasteiger charge is 2.20. The fraction of sp³-hybridized carbons (Fsp3) is 0.200. The Hall–Kier alpha value is -3.38. The van der Waals surface area contributed by atoms with E-state index >= 15 is 0 Å². The molecule has 0 spiro atoms. The molecule has 0 radical (unpaired) electrons. The van der Waals surface area contributed by atoms with E-state index in [9.17, 15) is 13.6 Å². The molecule has 1 N–H and O–H groups in total. The number of halogens is 2. The molecule has 4 rings (SSSR count). The van der Waals surface area contributed by atoms with Gasteiger partial charge in [-0.1, -0.05) is 42.0 Å². The molecule has 0 saturated carbocycles. The first-order valence-electron chi connectivity index (χ1n) is 10.2. The van der Waals surface area contributed by atoms with E-state index in [-0.39, 0.29) is 5.82 Å². The van der Waals surface area contributed by atoms with Crippen LogP contribution < -0.4 is 5.32 Å². The summed E-state index contributed by atoms with van der Waals surface area (Å²) in [6.07, 6.45) is 2.67. The van der Waals surface area contributed by atoms with Crippen molar-refractivity contribution in [2.24, 2.45) is 0 Å². The average Bonchev–Trinajstić information content (AvgIpc) is 2.76. The first kappa shape index (κ1) is 20.9. The molecule has 1 aliphatic heterocycles. The first-order valence-corrected chi connectivity index (χ1v) is 10.2. The molecule has 158 valence electrons. The molecular weight excluding hydrogens is 396 g/mol. The van der Waals surface area contributed by atoms with Crippen LogP contribution in [0.5, 0.6) is 0 Å². The van der Waals surface area contributed by atoms with Gasteiger partial charge in [-0.2, -0.15) is 0 Å². The van der Waals surface area contributed by atoms with Crippen LogP contribution in [0.15, 0.2) is 72.4 Å². The van der Waals surface area contributed by atoms with Crippen LogP contribution in [-0.4, -0.2) is 28.9 Å². The Bertz CT molecular complexity index is 1090. The monoisotopic (exact) mass is 419 g/mol. The van der Waals surface area contributed by atoms with Crippen molar-refractivity contribution in [2.45, 2.75) is 19.9 Å². The molecule has 1 amide bonds. The molecule has 0 saturated heterocycles. The lowest BCUT2D eigenvalue weighted by Crippen LogP contribution is -2.30. The minimum absolute atomic E-state index is 0.242. The quantitative estimate of drug-likeness (QED) is 0.611. The largest absolute Gasteiger partial charge is 0.306 e. The standard InChI is InChI=1S/C25H23F2N3O/c1-17-12-13-30(15-18-6-3-2-4-7-18)16-20(17)19-10-11-23(28-14-19)29-25(31)24-21(26)8-5-9-22(24)27/h2-11,14H,12-13,15-16H2,1H3,(H,28,29,31). The maximum Gasteiger partial charge on any atom is 0.262 e. The fourth-order valence-electron chi connectivity index (χ4n) is 3.77. The van der Waals surface area contributed by atoms with Gasteiger partial charge < -0.3 is 5.32 Å². The summed E-state index contributed by atoms with van der Waals surface area (Å²) in [5.41, 5.74) is 4.17. The van der Waals surface area contributed by atoms with Crippen molar-refractivity contribution in [2.75, 3.05) is 18.4 Å². The Balaban J connectivity index is 1.46. The third-order valence-electron chi connectivity index (χ3n) is 5.49. The van der Waals surface area contributed by atoms with Crippen LogP contribution in [0.2, 0.25) is 0 Å². The zero-order valence-corrected chi connectivity index (χ0v) is 17.2. The number of pyridine rings is 1. The van der Waals surface area contributed by atoms with Gasteiger partial charge in [-0.15, -0.1) is 0 Å². The van der Waals surface area contributed by atoms with Crippen molar-refractivity contribution in [3.8, 4) is 0 Å². The van der Waals surface area contributed by atoms with Crippen molar-refractivity contribution >= 4 is 17.3 Å². The Kier molecular flexibility index (Phi) is 6.18. The first-order chi connectivity index (χ1) is 15.0. The molecule has 0 aliphatic carbocycles. The van der Waals surface area contributed by atoms with Gasteiger partial charge in [0, 0.05) is 25.8 Å². The van der Waals surface area contributed by atoms with Crippen LogP contribution in [-0.2, 0) is 6.54 Å². The number of hydrogen-bond donors (Lipinski definition) is 1. The topological polar surface area (TPSA) is 45.2 Å². The highest BCUT2D eigenvalue weighted by atomic mass is 19.1. The van der Waals surface area contributed by atoms with Gasteiger partial charge >= 0.3 is 0 Å². The van der Waals surface area contributed by atoms with Crippen LogP contribution in [0.25, 0.3) is 5.57 Å². The summed E-state index contributed by atoms with van der Waals surface area (Å²) < 4.78 is 27.6. The van der Waals surface area contributed by atoms with Gasteiger partial charge in [0.25, 0.3) is 5.91 Å². The van der Waals surface area contributed by atoms with Gasteiger partial charge in [-0.3, -0.25) is 9.69 Å². The van der Waals surface area contributed by atoms with E-state index in [1.807, 2.05) is 24.3 Å². The van der Waals surface area contributed by atoms with Gasteiger partial charge in [0.05, 0.1) is 0 Å². The Morgan fingerprint density at radius 2 is 1.77 bits per heavy atom. The Labute approximate surface area is 180 Å². The Morgan fingerprint density at radius 1 is 1.03 bits per heavy atom. The SMILES string of the molecule is CC1=C(c2ccc(NC(=O)c3c(F)cccc3F)nc2)CN(Cc2ccccc2)CC1. The number of hydrogen-bond acceptors (Lipinski definition) is 3. The molecule has 1 aromatic heterocycles. The predicted molar refractivity (Wildman–Crippen MR) is 117 cm³/mol. The van der Waals surface area contributed by atoms with Crippen LogP contribution in [0.3, 0.4) is 0 Å². The molecule has 0 unspecified atom stereocenters. The summed E-state index contributed by atoms with van der Waals surface area (Å²) >= 11 is 0. The highest BCUT2D eigenvalue weighted by molar-refractivity contribution is 6.04. The number of nitrogens with one attached hydrogen (secondary N) is 1. The minimum Gasteiger partial charge on any atom is -0.306 e. The third-order valence-corrected chi connectivity index (χ3v) is 5.49. The minimum atomic E-state index is -0.907. The molecule has 6 heteroatoms. The molecule has 0 atom stereocenters. The molecule has 31 heavy (non-hydrogen) atoms. The summed E-state index contributed by atoms with van der Waals surface area (Å²) in [4.78, 5) is 19.0. The molecule has 0 fully saturated rings. The zero-order chi connectivity index (χ0) is 21.8. The van der Waals surface area contributed by atoms with Crippen molar-refractivity contribution in [3.05, 3.63) is 101 Å². The molecule has 3 aromatic rings. The lowest BCUT2D eigenvalue weighted by atomic mass is 9.95. The summed E-state index contributed by atoms with van der Waals surface area (Å²) in [7, 11) is 0. The number of nitrogens with zero attached hydrogens (tertiary/aromatic N) is 2. The fourth-order valence-corrected chi connectivity index (χ4v) is 3.77. The molecule has 2 heterocycles. The maximum absolute atomic E-state index is 13.8. The van der Waals surface area contributed by atoms with E-state index in [1.54, 1.807) is 12.3 Å². The van der Waals surface area contributed by atoms with Crippen molar-refractivity contribution in [1.29, 1.82) is 0 Å². The van der Waals surface area contributed by atoms with Gasteiger partial charge in [0.15, 0.2) is 0 Å². The lowest BCUT2D eigenvalue weighted by Gasteiger charge is -2.30. The van der Waals surface area contributed by atoms with Crippen LogP contribution in [0, 0.1) is 11.6 Å². The molecule has 2 aromatic carbocycles. The van der Waals surface area contributed by atoms with E-state index in [4.69, 9.17) is 0 Å². The van der Waals surface area contributed by atoms with Gasteiger partial charge in [0.2, 0.25) is 0 Å². The second-order valence-corrected chi connectivity index (χ2v) is 7.69. The molecule has 0 bridgehead atoms. The summed E-state index contributed by atoms with van der Waals surface area (Å²) in [6.45, 7) is 4.83. The van der Waals surface area contributed by atoms with E-state index in [0.29, 0.717) is 0 Å². The predicted octanol–water partition coefficient (Wildman–Crippen LogP) is 5.29. The summed E-state index contributed by atoms with van der Waals surface area (Å²) in [5.74, 6) is -2.43. The number of anilines is 1. The third kappa shape index (κ3) is 4.86. The molecular formula is C25H23F2N3O. The van der Waals surface area contributed by atoms with Crippen molar-refractivity contribution < 1.29 is 13.6 Å². The van der Waals surface area contributed by atoms with Gasteiger partial charge in [0.1, 0.15) is 23.0 Å². The average molecular weight is 419 g/mol. The second kappa shape index (κ2) is 9.18. The number of benzene rings is 2. The van der Waals surface area contributed by atoms with Crippen LogP contribution in [0.1, 0.15) is 34.8 Å². The highest BCUT2D eigenvalue weighted by Crippen LogP contribution is 2.27. The zero-order valence-electron chi connectivity index (χ0n) is 17.2. The van der Waals surface area contributed by atoms with Gasteiger partial charge in [-0.25, -0.2) is 13.8 Å². The summed E-state index contributed by atoms with van der Waals surface area (Å²) in [5, 5.41) is 2.47. The Morgan fingerprint density at radius 3 is 2.45 bits per heavy atom. The number of amides is 1. The van der Waals surface area contributed by atoms with Crippen LogP contribution in [0.4, 0.5) is 14.6 Å². The second-order valence-electron chi connectivity index (χ2n) is 7.69. The van der Waals surface area contributed by atoms with E-state index in [0.717, 1.165) is 43.8 Å².